The maximum atomic E-state index is 13.2. The third-order valence-corrected chi connectivity index (χ3v) is 3.02. The summed E-state index contributed by atoms with van der Waals surface area (Å²) in [7, 11) is 0. The summed E-state index contributed by atoms with van der Waals surface area (Å²) in [5.74, 6) is -2.70. The van der Waals surface area contributed by atoms with Crippen molar-refractivity contribution in [1.82, 2.24) is 15.2 Å². The average molecular weight is 280 g/mol. The van der Waals surface area contributed by atoms with Crippen molar-refractivity contribution in [3.63, 3.8) is 0 Å². The molecule has 20 heavy (non-hydrogen) atoms. The molecular weight excluding hydrogens is 267 g/mol. The molecule has 1 aromatic rings. The number of nitrogen functional groups attached to an aromatic ring is 1. The molecule has 1 aliphatic rings. The molecule has 3 N–H and O–H groups in total. The lowest BCUT2D eigenvalue weighted by Gasteiger charge is -2.33. The van der Waals surface area contributed by atoms with Crippen LogP contribution in [0, 0.1) is 5.82 Å². The first-order valence-electron chi connectivity index (χ1n) is 5.99. The van der Waals surface area contributed by atoms with Crippen molar-refractivity contribution >= 4 is 23.5 Å². The van der Waals surface area contributed by atoms with Crippen LogP contribution in [0.5, 0.6) is 0 Å². The van der Waals surface area contributed by atoms with Gasteiger partial charge < -0.3 is 10.6 Å². The average Bonchev–Trinajstić information content (AvgIpc) is 2.40. The quantitative estimate of drug-likeness (QED) is 0.722. The molecule has 0 aliphatic carbocycles. The number of pyridine rings is 1. The first-order chi connectivity index (χ1) is 9.43. The number of carbonyl (C=O) groups excluding carboxylic acids is 3. The van der Waals surface area contributed by atoms with Crippen LogP contribution in [-0.2, 0) is 9.59 Å². The molecule has 106 valence electrons. The Morgan fingerprint density at radius 1 is 1.60 bits per heavy atom. The van der Waals surface area contributed by atoms with Crippen LogP contribution in [0.1, 0.15) is 23.7 Å². The van der Waals surface area contributed by atoms with Crippen molar-refractivity contribution in [2.24, 2.45) is 0 Å². The number of rotatable bonds is 2. The molecule has 1 aromatic heterocycles. The summed E-state index contributed by atoms with van der Waals surface area (Å²) in [6.45, 7) is 1.42. The monoisotopic (exact) mass is 280 g/mol. The van der Waals surface area contributed by atoms with Gasteiger partial charge in [-0.2, -0.15) is 0 Å². The molecule has 3 amide bonds. The molecule has 0 bridgehead atoms. The molecule has 8 heteroatoms. The Balaban J connectivity index is 2.37. The third kappa shape index (κ3) is 2.44. The third-order valence-electron chi connectivity index (χ3n) is 3.02. The van der Waals surface area contributed by atoms with E-state index in [1.54, 1.807) is 6.92 Å². The van der Waals surface area contributed by atoms with Crippen LogP contribution in [0.3, 0.4) is 0 Å². The fourth-order valence-electron chi connectivity index (χ4n) is 2.06. The molecule has 0 radical (unpaired) electrons. The predicted octanol–water partition coefficient (Wildman–Crippen LogP) is -0.320. The number of nitrogens with one attached hydrogen (secondary N) is 1. The van der Waals surface area contributed by atoms with E-state index in [0.29, 0.717) is 6.42 Å². The van der Waals surface area contributed by atoms with Crippen LogP contribution in [0.4, 0.5) is 10.2 Å². The van der Waals surface area contributed by atoms with Gasteiger partial charge in [0, 0.05) is 0 Å². The Bertz CT molecular complexity index is 590. The van der Waals surface area contributed by atoms with Gasteiger partial charge in [0.1, 0.15) is 24.2 Å². The van der Waals surface area contributed by atoms with Gasteiger partial charge >= 0.3 is 0 Å². The lowest BCUT2D eigenvalue weighted by atomic mass is 10.1. The van der Waals surface area contributed by atoms with Gasteiger partial charge in [-0.25, -0.2) is 9.37 Å². The minimum atomic E-state index is -0.789. The first-order valence-corrected chi connectivity index (χ1v) is 5.99. The maximum Gasteiger partial charge on any atom is 0.258 e. The number of hydrogen-bond acceptors (Lipinski definition) is 5. The summed E-state index contributed by atoms with van der Waals surface area (Å²) in [6, 6.07) is 0.150. The van der Waals surface area contributed by atoms with Crippen molar-refractivity contribution in [3.8, 4) is 0 Å². The summed E-state index contributed by atoms with van der Waals surface area (Å²) >= 11 is 0. The summed E-state index contributed by atoms with van der Waals surface area (Å²) < 4.78 is 13.2. The largest absolute Gasteiger partial charge is 0.383 e. The number of nitrogens with two attached hydrogens (primary N) is 1. The molecule has 2 heterocycles. The fraction of sp³-hybridized carbons (Fsp3) is 0.333. The van der Waals surface area contributed by atoms with Gasteiger partial charge in [-0.05, 0) is 12.5 Å². The molecule has 1 saturated heterocycles. The second-order valence-electron chi connectivity index (χ2n) is 4.36. The zero-order valence-corrected chi connectivity index (χ0v) is 10.7. The highest BCUT2D eigenvalue weighted by molar-refractivity contribution is 6.08. The topological polar surface area (TPSA) is 105 Å². The number of hydrogen-bond donors (Lipinski definition) is 2. The number of piperazine rings is 1. The molecule has 1 aliphatic heterocycles. The Morgan fingerprint density at radius 2 is 2.30 bits per heavy atom. The van der Waals surface area contributed by atoms with Gasteiger partial charge in [0.05, 0.1) is 11.8 Å². The smallest absolute Gasteiger partial charge is 0.258 e. The van der Waals surface area contributed by atoms with Crippen molar-refractivity contribution < 1.29 is 18.8 Å². The highest BCUT2D eigenvalue weighted by Gasteiger charge is 2.36. The van der Waals surface area contributed by atoms with Gasteiger partial charge in [-0.3, -0.25) is 19.7 Å². The van der Waals surface area contributed by atoms with Crippen LogP contribution in [0.2, 0.25) is 0 Å². The first kappa shape index (κ1) is 13.9. The molecule has 1 fully saturated rings. The molecule has 7 nitrogen and oxygen atoms in total. The van der Waals surface area contributed by atoms with Crippen molar-refractivity contribution in [2.45, 2.75) is 19.4 Å². The second kappa shape index (κ2) is 5.24. The number of amides is 3. The van der Waals surface area contributed by atoms with E-state index in [1.807, 2.05) is 0 Å². The summed E-state index contributed by atoms with van der Waals surface area (Å²) in [5.41, 5.74) is 5.38. The summed E-state index contributed by atoms with van der Waals surface area (Å²) in [6.07, 6.45) is 1.21. The van der Waals surface area contributed by atoms with Crippen molar-refractivity contribution in [3.05, 3.63) is 23.6 Å². The molecule has 0 spiro atoms. The van der Waals surface area contributed by atoms with Crippen molar-refractivity contribution in [2.75, 3.05) is 12.3 Å². The summed E-state index contributed by atoms with van der Waals surface area (Å²) in [4.78, 5) is 40.0. The minimum absolute atomic E-state index is 0.148. The maximum absolute atomic E-state index is 13.2. The second-order valence-corrected chi connectivity index (χ2v) is 4.36. The van der Waals surface area contributed by atoms with E-state index >= 15 is 0 Å². The summed E-state index contributed by atoms with van der Waals surface area (Å²) in [5, 5.41) is 2.15. The predicted molar refractivity (Wildman–Crippen MR) is 66.9 cm³/mol. The Kier molecular flexibility index (Phi) is 3.64. The normalized spacial score (nSPS) is 18.9. The van der Waals surface area contributed by atoms with Crippen LogP contribution in [-0.4, -0.2) is 40.2 Å². The number of halogens is 1. The molecule has 0 saturated carbocycles. The van der Waals surface area contributed by atoms with E-state index < -0.39 is 29.6 Å². The molecule has 1 unspecified atom stereocenters. The van der Waals surface area contributed by atoms with Crippen LogP contribution in [0.15, 0.2) is 12.3 Å². The highest BCUT2D eigenvalue weighted by atomic mass is 19.1. The number of nitrogens with zero attached hydrogens (tertiary/aromatic N) is 2. The molecule has 1 atom stereocenters. The van der Waals surface area contributed by atoms with Crippen LogP contribution < -0.4 is 11.1 Å². The minimum Gasteiger partial charge on any atom is -0.383 e. The molecular formula is C12H13FN4O3. The Morgan fingerprint density at radius 3 is 2.95 bits per heavy atom. The number of carbonyl (C=O) groups is 3. The molecule has 2 rings (SSSR count). The van der Waals surface area contributed by atoms with E-state index in [9.17, 15) is 18.8 Å². The Hall–Kier alpha value is -2.51. The lowest BCUT2D eigenvalue weighted by Crippen LogP contribution is -2.59. The number of imide groups is 1. The zero-order valence-electron chi connectivity index (χ0n) is 10.7. The van der Waals surface area contributed by atoms with Gasteiger partial charge in [0.15, 0.2) is 0 Å². The van der Waals surface area contributed by atoms with Gasteiger partial charge in [0.25, 0.3) is 5.91 Å². The number of aromatic nitrogens is 1. The fourth-order valence-corrected chi connectivity index (χ4v) is 2.06. The van der Waals surface area contributed by atoms with Crippen LogP contribution >= 0.6 is 0 Å². The SMILES string of the molecule is CCC1C(=O)NC(=O)CN1C(=O)c1cc(F)cnc1N. The standard InChI is InChI=1S/C12H13FN4O3/c1-2-8-11(19)16-9(18)5-17(8)12(20)7-3-6(13)4-15-10(7)14/h3-4,8H,2,5H2,1H3,(H2,14,15)(H,16,18,19). The van der Waals surface area contributed by atoms with Crippen LogP contribution in [0.25, 0.3) is 0 Å². The molecule has 0 aromatic carbocycles. The van der Waals surface area contributed by atoms with E-state index in [-0.39, 0.29) is 17.9 Å². The number of anilines is 1. The Labute approximate surface area is 113 Å². The zero-order chi connectivity index (χ0) is 14.9. The van der Waals surface area contributed by atoms with Gasteiger partial charge in [-0.1, -0.05) is 6.92 Å². The van der Waals surface area contributed by atoms with E-state index in [2.05, 4.69) is 10.3 Å². The lowest BCUT2D eigenvalue weighted by molar-refractivity contribution is -0.138. The van der Waals surface area contributed by atoms with Gasteiger partial charge in [0.2, 0.25) is 11.8 Å². The highest BCUT2D eigenvalue weighted by Crippen LogP contribution is 2.18. The van der Waals surface area contributed by atoms with E-state index in [4.69, 9.17) is 5.73 Å². The van der Waals surface area contributed by atoms with E-state index in [0.717, 1.165) is 17.2 Å². The van der Waals surface area contributed by atoms with E-state index in [1.165, 1.54) is 0 Å². The van der Waals surface area contributed by atoms with Gasteiger partial charge in [-0.15, -0.1) is 0 Å². The van der Waals surface area contributed by atoms with Crippen molar-refractivity contribution in [1.29, 1.82) is 0 Å².